The molecule has 1 aromatic carbocycles. The van der Waals surface area contributed by atoms with Gasteiger partial charge in [0, 0.05) is 18.7 Å². The first-order valence-electron chi connectivity index (χ1n) is 7.59. The average Bonchev–Trinajstić information content (AvgIpc) is 3.29. The van der Waals surface area contributed by atoms with Crippen LogP contribution in [-0.4, -0.2) is 38.6 Å². The summed E-state index contributed by atoms with van der Waals surface area (Å²) in [4.78, 5) is 24.4. The minimum Gasteiger partial charge on any atom is -0.351 e. The molecule has 0 unspecified atom stereocenters. The SMILES string of the molecule is Cc1cc(NC(=O)CCNC(=O)c2cccs2)ccc1-n1cnnn1. The van der Waals surface area contributed by atoms with Crippen LogP contribution in [0, 0.1) is 6.92 Å². The number of amides is 2. The number of aromatic nitrogens is 4. The standard InChI is InChI=1S/C16H16N6O2S/c1-11-9-12(4-5-13(11)22-10-18-20-21-22)19-15(23)6-7-17-16(24)14-3-2-8-25-14/h2-5,8-10H,6-7H2,1H3,(H,17,24)(H,19,23). The van der Waals surface area contributed by atoms with Gasteiger partial charge in [-0.15, -0.1) is 16.4 Å². The molecule has 0 aliphatic carbocycles. The highest BCUT2D eigenvalue weighted by Crippen LogP contribution is 2.18. The number of aryl methyl sites for hydroxylation is 1. The zero-order valence-corrected chi connectivity index (χ0v) is 14.3. The second kappa shape index (κ2) is 7.67. The Bertz CT molecular complexity index is 861. The van der Waals surface area contributed by atoms with Gasteiger partial charge >= 0.3 is 0 Å². The van der Waals surface area contributed by atoms with E-state index >= 15 is 0 Å². The molecule has 0 aliphatic rings. The number of tetrazole rings is 1. The third kappa shape index (κ3) is 4.27. The van der Waals surface area contributed by atoms with Crippen LogP contribution in [0.3, 0.4) is 0 Å². The van der Waals surface area contributed by atoms with Crippen molar-refractivity contribution < 1.29 is 9.59 Å². The van der Waals surface area contributed by atoms with Gasteiger partial charge in [-0.25, -0.2) is 4.68 Å². The van der Waals surface area contributed by atoms with Gasteiger partial charge in [0.1, 0.15) is 6.33 Å². The van der Waals surface area contributed by atoms with E-state index in [0.29, 0.717) is 10.6 Å². The molecule has 0 saturated carbocycles. The van der Waals surface area contributed by atoms with Crippen molar-refractivity contribution in [1.29, 1.82) is 0 Å². The van der Waals surface area contributed by atoms with Crippen LogP contribution in [0.25, 0.3) is 5.69 Å². The predicted octanol–water partition coefficient (Wildman–Crippen LogP) is 1.79. The maximum atomic E-state index is 12.0. The highest BCUT2D eigenvalue weighted by molar-refractivity contribution is 7.12. The summed E-state index contributed by atoms with van der Waals surface area (Å²) in [6.07, 6.45) is 1.71. The van der Waals surface area contributed by atoms with Crippen molar-refractivity contribution in [1.82, 2.24) is 25.5 Å². The smallest absolute Gasteiger partial charge is 0.261 e. The molecule has 128 valence electrons. The second-order valence-electron chi connectivity index (χ2n) is 5.29. The lowest BCUT2D eigenvalue weighted by atomic mass is 10.1. The fourth-order valence-electron chi connectivity index (χ4n) is 2.27. The summed E-state index contributed by atoms with van der Waals surface area (Å²) >= 11 is 1.37. The first-order chi connectivity index (χ1) is 12.1. The third-order valence-corrected chi connectivity index (χ3v) is 4.33. The molecule has 8 nitrogen and oxygen atoms in total. The Hall–Kier alpha value is -3.07. The first kappa shape index (κ1) is 16.8. The van der Waals surface area contributed by atoms with E-state index in [9.17, 15) is 9.59 Å². The molecular weight excluding hydrogens is 340 g/mol. The molecule has 0 bridgehead atoms. The van der Waals surface area contributed by atoms with E-state index < -0.39 is 0 Å². The lowest BCUT2D eigenvalue weighted by Gasteiger charge is -2.09. The number of carbonyl (C=O) groups excluding carboxylic acids is 2. The summed E-state index contributed by atoms with van der Waals surface area (Å²) in [6, 6.07) is 9.02. The van der Waals surface area contributed by atoms with Crippen LogP contribution >= 0.6 is 11.3 Å². The predicted molar refractivity (Wildman–Crippen MR) is 93.8 cm³/mol. The Kier molecular flexibility index (Phi) is 5.14. The Balaban J connectivity index is 1.51. The minimum atomic E-state index is -0.166. The van der Waals surface area contributed by atoms with Crippen LogP contribution in [0.4, 0.5) is 5.69 Å². The normalized spacial score (nSPS) is 10.4. The van der Waals surface area contributed by atoms with Gasteiger partial charge in [-0.2, -0.15) is 0 Å². The van der Waals surface area contributed by atoms with Gasteiger partial charge in [0.15, 0.2) is 0 Å². The number of hydrogen-bond acceptors (Lipinski definition) is 6. The number of benzene rings is 1. The maximum Gasteiger partial charge on any atom is 0.261 e. The fraction of sp³-hybridized carbons (Fsp3) is 0.188. The van der Waals surface area contributed by atoms with Gasteiger partial charge in [-0.05, 0) is 52.6 Å². The molecule has 2 aromatic heterocycles. The van der Waals surface area contributed by atoms with Gasteiger partial charge in [-0.3, -0.25) is 9.59 Å². The molecule has 0 saturated heterocycles. The summed E-state index contributed by atoms with van der Waals surface area (Å²) in [5.41, 5.74) is 2.45. The molecule has 9 heteroatoms. The summed E-state index contributed by atoms with van der Waals surface area (Å²) < 4.78 is 1.56. The molecule has 2 heterocycles. The monoisotopic (exact) mass is 356 g/mol. The van der Waals surface area contributed by atoms with E-state index in [0.717, 1.165) is 11.3 Å². The average molecular weight is 356 g/mol. The summed E-state index contributed by atoms with van der Waals surface area (Å²) in [7, 11) is 0. The van der Waals surface area contributed by atoms with Gasteiger partial charge < -0.3 is 10.6 Å². The van der Waals surface area contributed by atoms with E-state index in [1.165, 1.54) is 17.7 Å². The van der Waals surface area contributed by atoms with E-state index in [2.05, 4.69) is 26.2 Å². The van der Waals surface area contributed by atoms with Crippen molar-refractivity contribution in [2.24, 2.45) is 0 Å². The number of anilines is 1. The number of thiophene rings is 1. The van der Waals surface area contributed by atoms with Gasteiger partial charge in [0.05, 0.1) is 10.6 Å². The topological polar surface area (TPSA) is 102 Å². The van der Waals surface area contributed by atoms with Crippen molar-refractivity contribution in [2.75, 3.05) is 11.9 Å². The van der Waals surface area contributed by atoms with Crippen molar-refractivity contribution in [3.05, 3.63) is 52.5 Å². The number of nitrogens with zero attached hydrogens (tertiary/aromatic N) is 4. The zero-order valence-electron chi connectivity index (χ0n) is 13.5. The minimum absolute atomic E-state index is 0.163. The van der Waals surface area contributed by atoms with Gasteiger partial charge in [0.25, 0.3) is 5.91 Å². The first-order valence-corrected chi connectivity index (χ1v) is 8.47. The fourth-order valence-corrected chi connectivity index (χ4v) is 2.91. The van der Waals surface area contributed by atoms with Crippen molar-refractivity contribution >= 4 is 28.8 Å². The molecular formula is C16H16N6O2S. The van der Waals surface area contributed by atoms with Crippen molar-refractivity contribution in [2.45, 2.75) is 13.3 Å². The van der Waals surface area contributed by atoms with Crippen LogP contribution < -0.4 is 10.6 Å². The molecule has 0 radical (unpaired) electrons. The van der Waals surface area contributed by atoms with Crippen LogP contribution in [0.5, 0.6) is 0 Å². The molecule has 0 fully saturated rings. The third-order valence-electron chi connectivity index (χ3n) is 3.46. The molecule has 25 heavy (non-hydrogen) atoms. The molecule has 0 atom stereocenters. The van der Waals surface area contributed by atoms with E-state index in [1.54, 1.807) is 16.8 Å². The largest absolute Gasteiger partial charge is 0.351 e. The Labute approximate surface area is 147 Å². The van der Waals surface area contributed by atoms with E-state index in [-0.39, 0.29) is 24.8 Å². The van der Waals surface area contributed by atoms with E-state index in [4.69, 9.17) is 0 Å². The Morgan fingerprint density at radius 3 is 2.84 bits per heavy atom. The van der Waals surface area contributed by atoms with Crippen molar-refractivity contribution in [3.8, 4) is 5.69 Å². The number of carbonyl (C=O) groups is 2. The highest BCUT2D eigenvalue weighted by atomic mass is 32.1. The summed E-state index contributed by atoms with van der Waals surface area (Å²) in [5.74, 6) is -0.328. The number of hydrogen-bond donors (Lipinski definition) is 2. The highest BCUT2D eigenvalue weighted by Gasteiger charge is 2.09. The Morgan fingerprint density at radius 2 is 2.16 bits per heavy atom. The van der Waals surface area contributed by atoms with E-state index in [1.807, 2.05) is 30.5 Å². The number of nitrogens with one attached hydrogen (secondary N) is 2. The second-order valence-corrected chi connectivity index (χ2v) is 6.23. The molecule has 2 amide bonds. The summed E-state index contributed by atoms with van der Waals surface area (Å²) in [6.45, 7) is 2.19. The zero-order chi connectivity index (χ0) is 17.6. The lowest BCUT2D eigenvalue weighted by molar-refractivity contribution is -0.116. The number of rotatable bonds is 6. The quantitative estimate of drug-likeness (QED) is 0.701. The Morgan fingerprint density at radius 1 is 1.28 bits per heavy atom. The maximum absolute atomic E-state index is 12.0. The van der Waals surface area contributed by atoms with Crippen LogP contribution in [0.2, 0.25) is 0 Å². The molecule has 3 aromatic rings. The van der Waals surface area contributed by atoms with Gasteiger partial charge in [0.2, 0.25) is 5.91 Å². The van der Waals surface area contributed by atoms with Crippen molar-refractivity contribution in [3.63, 3.8) is 0 Å². The lowest BCUT2D eigenvalue weighted by Crippen LogP contribution is -2.27. The van der Waals surface area contributed by atoms with Crippen LogP contribution in [0.1, 0.15) is 21.7 Å². The molecule has 0 spiro atoms. The van der Waals surface area contributed by atoms with Crippen LogP contribution in [0.15, 0.2) is 42.0 Å². The van der Waals surface area contributed by atoms with Crippen LogP contribution in [-0.2, 0) is 4.79 Å². The summed E-state index contributed by atoms with van der Waals surface area (Å²) in [5, 5.41) is 18.4. The molecule has 3 rings (SSSR count). The molecule has 0 aliphatic heterocycles. The van der Waals surface area contributed by atoms with Gasteiger partial charge in [-0.1, -0.05) is 6.07 Å². The molecule has 2 N–H and O–H groups in total.